The first kappa shape index (κ1) is 47.9. The number of pyridine rings is 2. The summed E-state index contributed by atoms with van der Waals surface area (Å²) in [5.74, 6) is 2.84. The molecule has 0 bridgehead atoms. The number of methoxy groups -OCH3 is 2. The molecule has 0 saturated carbocycles. The Morgan fingerprint density at radius 2 is 0.906 bits per heavy atom. The van der Waals surface area contributed by atoms with Gasteiger partial charge in [0.2, 0.25) is 0 Å². The molecule has 14 heteroatoms. The molecule has 0 aliphatic carbocycles. The monoisotopic (exact) mass is 878 g/mol. The van der Waals surface area contributed by atoms with Crippen LogP contribution < -0.4 is 19.3 Å². The lowest BCUT2D eigenvalue weighted by atomic mass is 9.93. The highest BCUT2D eigenvalue weighted by molar-refractivity contribution is 5.89. The summed E-state index contributed by atoms with van der Waals surface area (Å²) >= 11 is 0. The van der Waals surface area contributed by atoms with Crippen LogP contribution in [0, 0.1) is 11.8 Å². The van der Waals surface area contributed by atoms with Crippen molar-refractivity contribution < 1.29 is 38.7 Å². The van der Waals surface area contributed by atoms with Crippen molar-refractivity contribution in [3.63, 3.8) is 0 Å². The Morgan fingerprint density at radius 3 is 1.22 bits per heavy atom. The summed E-state index contributed by atoms with van der Waals surface area (Å²) in [4.78, 5) is 38.9. The second-order valence-electron chi connectivity index (χ2n) is 17.0. The van der Waals surface area contributed by atoms with Crippen LogP contribution in [0.3, 0.4) is 0 Å². The number of rotatable bonds is 12. The third-order valence-electron chi connectivity index (χ3n) is 12.3. The van der Waals surface area contributed by atoms with E-state index in [0.29, 0.717) is 24.0 Å². The number of nitrogens with zero attached hydrogens (tertiary/aromatic N) is 6. The summed E-state index contributed by atoms with van der Waals surface area (Å²) in [6.45, 7) is 12.0. The zero-order valence-corrected chi connectivity index (χ0v) is 38.0. The molecule has 2 aromatic carbocycles. The van der Waals surface area contributed by atoms with Crippen LogP contribution in [0.4, 0.5) is 11.6 Å². The number of hydrogen-bond donors (Lipinski definition) is 2. The normalized spacial score (nSPS) is 17.8. The molecular weight excluding hydrogens is 813 g/mol. The molecule has 344 valence electrons. The molecule has 0 atom stereocenters. The molecule has 0 amide bonds. The molecule has 6 heterocycles. The number of carboxylic acids is 2. The van der Waals surface area contributed by atoms with E-state index >= 15 is 0 Å². The van der Waals surface area contributed by atoms with E-state index in [0.717, 1.165) is 140 Å². The summed E-state index contributed by atoms with van der Waals surface area (Å²) < 4.78 is 21.7. The maximum Gasteiger partial charge on any atom is 0.328 e. The highest BCUT2D eigenvalue weighted by Gasteiger charge is 2.22. The zero-order valence-electron chi connectivity index (χ0n) is 38.0. The lowest BCUT2D eigenvalue weighted by molar-refractivity contribution is -0.134. The van der Waals surface area contributed by atoms with Crippen LogP contribution in [0.1, 0.15) is 37.1 Å². The first-order valence-electron chi connectivity index (χ1n) is 22.5. The molecule has 2 aromatic heterocycles. The second kappa shape index (κ2) is 24.5. The molecule has 4 aliphatic rings. The van der Waals surface area contributed by atoms with Gasteiger partial charge in [-0.25, -0.2) is 19.6 Å². The van der Waals surface area contributed by atoms with Gasteiger partial charge in [0, 0.05) is 102 Å². The van der Waals surface area contributed by atoms with E-state index in [9.17, 15) is 9.59 Å². The van der Waals surface area contributed by atoms with Gasteiger partial charge >= 0.3 is 11.9 Å². The number of anilines is 2. The van der Waals surface area contributed by atoms with E-state index in [2.05, 4.69) is 82.2 Å². The SMILES string of the molecule is COc1ccc(-c2cc(CC3CCOCC3)nc(N3CCN(C)CC3)c2)cc1.COc1ccc(-c2cc(CC3CCOCC3)nc(N3CCN(C)CC3)c2)cc1.O=C(O)/C=C\C(=O)O. The zero-order chi connectivity index (χ0) is 45.3. The van der Waals surface area contributed by atoms with E-state index in [4.69, 9.17) is 39.1 Å². The highest BCUT2D eigenvalue weighted by Crippen LogP contribution is 2.31. The molecule has 0 unspecified atom stereocenters. The fraction of sp³-hybridized carbons (Fsp3) is 0.480. The van der Waals surface area contributed by atoms with Gasteiger partial charge in [0.1, 0.15) is 23.1 Å². The van der Waals surface area contributed by atoms with Crippen molar-refractivity contribution in [1.82, 2.24) is 19.8 Å². The first-order valence-corrected chi connectivity index (χ1v) is 22.5. The Labute approximate surface area is 378 Å². The number of likely N-dealkylation sites (N-methyl/N-ethyl adjacent to an activating group) is 2. The third-order valence-corrected chi connectivity index (χ3v) is 12.3. The van der Waals surface area contributed by atoms with Crippen LogP contribution in [-0.2, 0) is 31.9 Å². The summed E-state index contributed by atoms with van der Waals surface area (Å²) in [6, 6.07) is 25.7. The molecule has 4 aromatic rings. The van der Waals surface area contributed by atoms with Gasteiger partial charge < -0.3 is 48.8 Å². The van der Waals surface area contributed by atoms with E-state index in [1.807, 2.05) is 24.3 Å². The van der Waals surface area contributed by atoms with Crippen LogP contribution >= 0.6 is 0 Å². The number of ether oxygens (including phenoxy) is 4. The van der Waals surface area contributed by atoms with Crippen molar-refractivity contribution in [3.8, 4) is 33.8 Å². The van der Waals surface area contributed by atoms with Crippen LogP contribution in [0.5, 0.6) is 11.5 Å². The Morgan fingerprint density at radius 1 is 0.562 bits per heavy atom. The third kappa shape index (κ3) is 15.0. The molecule has 8 rings (SSSR count). The average molecular weight is 879 g/mol. The van der Waals surface area contributed by atoms with Crippen molar-refractivity contribution in [2.75, 3.05) is 117 Å². The van der Waals surface area contributed by atoms with E-state index in [1.54, 1.807) is 14.2 Å². The summed E-state index contributed by atoms with van der Waals surface area (Å²) in [6.07, 6.45) is 7.74. The fourth-order valence-corrected chi connectivity index (χ4v) is 8.28. The van der Waals surface area contributed by atoms with Crippen LogP contribution in [0.25, 0.3) is 22.3 Å². The first-order chi connectivity index (χ1) is 31.0. The maximum atomic E-state index is 9.55. The Balaban J connectivity index is 0.000000182. The van der Waals surface area contributed by atoms with Crippen molar-refractivity contribution in [1.29, 1.82) is 0 Å². The Bertz CT molecular complexity index is 1940. The molecule has 0 spiro atoms. The minimum absolute atomic E-state index is 0.558. The number of carbonyl (C=O) groups is 2. The number of carboxylic acid groups (broad SMARTS) is 2. The second-order valence-corrected chi connectivity index (χ2v) is 17.0. The lowest BCUT2D eigenvalue weighted by Gasteiger charge is -2.33. The highest BCUT2D eigenvalue weighted by atomic mass is 16.5. The summed E-state index contributed by atoms with van der Waals surface area (Å²) in [7, 11) is 7.79. The van der Waals surface area contributed by atoms with Gasteiger partial charge in [0.25, 0.3) is 0 Å². The van der Waals surface area contributed by atoms with Crippen LogP contribution in [0.15, 0.2) is 84.9 Å². The standard InChI is InChI=1S/2C23H31N3O2.C4H4O4/c2*1-25-9-11-26(12-10-25)23-17-20(19-3-5-22(27-2)6-4-19)16-21(24-23)15-18-7-13-28-14-8-18;5-3(6)1-2-4(7)8/h2*3-6,16-18H,7-15H2,1-2H3;1-2H,(H,5,6)(H,7,8)/b;;2-1-. The number of aromatic nitrogens is 2. The molecule has 64 heavy (non-hydrogen) atoms. The average Bonchev–Trinajstić information content (AvgIpc) is 3.32. The van der Waals surface area contributed by atoms with Gasteiger partial charge in [-0.15, -0.1) is 0 Å². The predicted octanol–water partition coefficient (Wildman–Crippen LogP) is 6.67. The van der Waals surface area contributed by atoms with E-state index in [-0.39, 0.29) is 0 Å². The smallest absolute Gasteiger partial charge is 0.328 e. The largest absolute Gasteiger partial charge is 0.497 e. The van der Waals surface area contributed by atoms with Crippen molar-refractivity contribution in [2.24, 2.45) is 11.8 Å². The van der Waals surface area contributed by atoms with Gasteiger partial charge in [-0.2, -0.15) is 0 Å². The van der Waals surface area contributed by atoms with Gasteiger partial charge in [-0.3, -0.25) is 0 Å². The van der Waals surface area contributed by atoms with Gasteiger partial charge in [-0.05, 0) is 135 Å². The van der Waals surface area contributed by atoms with E-state index in [1.165, 1.54) is 33.6 Å². The molecule has 2 N–H and O–H groups in total. The van der Waals surface area contributed by atoms with Crippen LogP contribution in [-0.4, -0.2) is 149 Å². The predicted molar refractivity (Wildman–Crippen MR) is 251 cm³/mol. The Kier molecular flexibility index (Phi) is 18.3. The quantitative estimate of drug-likeness (QED) is 0.146. The summed E-state index contributed by atoms with van der Waals surface area (Å²) in [5, 5.41) is 15.6. The lowest BCUT2D eigenvalue weighted by Crippen LogP contribution is -2.44. The van der Waals surface area contributed by atoms with Gasteiger partial charge in [0.15, 0.2) is 0 Å². The molecule has 4 aliphatic heterocycles. The number of piperazine rings is 2. The van der Waals surface area contributed by atoms with E-state index < -0.39 is 11.9 Å². The fourth-order valence-electron chi connectivity index (χ4n) is 8.28. The molecule has 4 fully saturated rings. The topological polar surface area (TPSA) is 150 Å². The molecule has 4 saturated heterocycles. The van der Waals surface area contributed by atoms with Gasteiger partial charge in [-0.1, -0.05) is 24.3 Å². The molecule has 14 nitrogen and oxygen atoms in total. The van der Waals surface area contributed by atoms with Crippen molar-refractivity contribution >= 4 is 23.6 Å². The minimum atomic E-state index is -1.26. The van der Waals surface area contributed by atoms with Crippen LogP contribution in [0.2, 0.25) is 0 Å². The number of hydrogen-bond acceptors (Lipinski definition) is 12. The summed E-state index contributed by atoms with van der Waals surface area (Å²) in [5.41, 5.74) is 7.32. The number of benzene rings is 2. The minimum Gasteiger partial charge on any atom is -0.497 e. The maximum absolute atomic E-state index is 9.55. The number of aliphatic carboxylic acids is 2. The van der Waals surface area contributed by atoms with Gasteiger partial charge in [0.05, 0.1) is 14.2 Å². The van der Waals surface area contributed by atoms with Crippen molar-refractivity contribution in [3.05, 3.63) is 96.3 Å². The Hall–Kier alpha value is -5.54. The van der Waals surface area contributed by atoms with Crippen molar-refractivity contribution in [2.45, 2.75) is 38.5 Å². The molecular formula is C50H66N6O8. The molecule has 0 radical (unpaired) electrons.